The molecular formula is C21H29N5O2. The normalized spacial score (nSPS) is 30.0. The fraction of sp³-hybridized carbons (Fsp3) is 0.714. The molecule has 0 unspecified atom stereocenters. The molecule has 3 saturated heterocycles. The maximum absolute atomic E-state index is 12.7. The minimum atomic E-state index is -0.134. The summed E-state index contributed by atoms with van der Waals surface area (Å²) >= 11 is 0. The van der Waals surface area contributed by atoms with Gasteiger partial charge in [-0.3, -0.25) is 14.6 Å². The lowest BCUT2D eigenvalue weighted by Crippen LogP contribution is -2.56. The Balaban J connectivity index is 1.24. The monoisotopic (exact) mass is 383 g/mol. The summed E-state index contributed by atoms with van der Waals surface area (Å²) in [6, 6.07) is 0. The summed E-state index contributed by atoms with van der Waals surface area (Å²) in [4.78, 5) is 37.9. The van der Waals surface area contributed by atoms with E-state index in [-0.39, 0.29) is 23.3 Å². The molecule has 1 aromatic heterocycles. The van der Waals surface area contributed by atoms with Crippen LogP contribution in [0.25, 0.3) is 0 Å². The van der Waals surface area contributed by atoms with Crippen LogP contribution in [-0.2, 0) is 4.79 Å². The van der Waals surface area contributed by atoms with Crippen LogP contribution in [0.15, 0.2) is 18.6 Å². The van der Waals surface area contributed by atoms with Gasteiger partial charge in [0.05, 0.1) is 12.1 Å². The summed E-state index contributed by atoms with van der Waals surface area (Å²) in [5, 5.41) is 3.35. The van der Waals surface area contributed by atoms with Crippen molar-refractivity contribution in [1.82, 2.24) is 25.1 Å². The number of carbonyl (C=O) groups is 2. The highest BCUT2D eigenvalue weighted by Crippen LogP contribution is 2.44. The zero-order chi connectivity index (χ0) is 19.1. The van der Waals surface area contributed by atoms with E-state index in [0.29, 0.717) is 24.7 Å². The average Bonchev–Trinajstić information content (AvgIpc) is 3.43. The minimum Gasteiger partial charge on any atom is -0.350 e. The van der Waals surface area contributed by atoms with Gasteiger partial charge in [0.25, 0.3) is 5.91 Å². The van der Waals surface area contributed by atoms with Crippen molar-refractivity contribution < 1.29 is 9.59 Å². The molecule has 150 valence electrons. The van der Waals surface area contributed by atoms with Crippen LogP contribution < -0.4 is 5.32 Å². The summed E-state index contributed by atoms with van der Waals surface area (Å²) in [5.41, 5.74) is 0.265. The van der Waals surface area contributed by atoms with Crippen molar-refractivity contribution >= 4 is 11.8 Å². The number of piperidine rings is 1. The number of rotatable bonds is 3. The zero-order valence-corrected chi connectivity index (χ0v) is 16.3. The van der Waals surface area contributed by atoms with Gasteiger partial charge in [-0.15, -0.1) is 0 Å². The fourth-order valence-electron chi connectivity index (χ4n) is 6.02. The lowest BCUT2D eigenvalue weighted by molar-refractivity contribution is -0.123. The maximum atomic E-state index is 12.7. The summed E-state index contributed by atoms with van der Waals surface area (Å²) < 4.78 is 0. The Kier molecular flexibility index (Phi) is 4.57. The van der Waals surface area contributed by atoms with Crippen molar-refractivity contribution in [3.05, 3.63) is 24.3 Å². The maximum Gasteiger partial charge on any atom is 0.274 e. The van der Waals surface area contributed by atoms with Crippen LogP contribution in [0, 0.1) is 17.8 Å². The number of nitrogens with one attached hydrogen (secondary N) is 1. The van der Waals surface area contributed by atoms with E-state index in [0.717, 1.165) is 38.4 Å². The summed E-state index contributed by atoms with van der Waals surface area (Å²) in [6.07, 6.45) is 11.8. The van der Waals surface area contributed by atoms with Gasteiger partial charge in [-0.1, -0.05) is 12.8 Å². The number of hydrogen-bond acceptors (Lipinski definition) is 5. The van der Waals surface area contributed by atoms with Crippen molar-refractivity contribution in [3.8, 4) is 0 Å². The van der Waals surface area contributed by atoms with E-state index in [9.17, 15) is 9.59 Å². The topological polar surface area (TPSA) is 78.4 Å². The smallest absolute Gasteiger partial charge is 0.274 e. The van der Waals surface area contributed by atoms with Crippen LogP contribution >= 0.6 is 0 Å². The molecule has 1 aromatic rings. The zero-order valence-electron chi connectivity index (χ0n) is 16.3. The van der Waals surface area contributed by atoms with Crippen LogP contribution in [0.5, 0.6) is 0 Å². The summed E-state index contributed by atoms with van der Waals surface area (Å²) in [7, 11) is 0. The molecule has 1 saturated carbocycles. The predicted molar refractivity (Wildman–Crippen MR) is 103 cm³/mol. The number of fused-ring (bicyclic) bond motifs is 2. The molecule has 1 N–H and O–H groups in total. The van der Waals surface area contributed by atoms with Crippen molar-refractivity contribution in [2.75, 3.05) is 32.7 Å². The van der Waals surface area contributed by atoms with E-state index in [1.54, 1.807) is 12.4 Å². The van der Waals surface area contributed by atoms with Gasteiger partial charge >= 0.3 is 0 Å². The number of aromatic nitrogens is 2. The summed E-state index contributed by atoms with van der Waals surface area (Å²) in [6.45, 7) is 4.44. The van der Waals surface area contributed by atoms with E-state index < -0.39 is 0 Å². The first-order chi connectivity index (χ1) is 13.6. The van der Waals surface area contributed by atoms with Gasteiger partial charge in [0.2, 0.25) is 5.91 Å². The Hall–Kier alpha value is -2.02. The Morgan fingerprint density at radius 2 is 1.96 bits per heavy atom. The summed E-state index contributed by atoms with van der Waals surface area (Å²) in [5.74, 6) is 1.51. The first kappa shape index (κ1) is 18.0. The van der Waals surface area contributed by atoms with Gasteiger partial charge in [0.15, 0.2) is 0 Å². The minimum absolute atomic E-state index is 0.0573. The van der Waals surface area contributed by atoms with Gasteiger partial charge in [-0.2, -0.15) is 0 Å². The first-order valence-electron chi connectivity index (χ1n) is 10.7. The molecule has 5 rings (SSSR count). The average molecular weight is 383 g/mol. The predicted octanol–water partition coefficient (Wildman–Crippen LogP) is 1.32. The van der Waals surface area contributed by atoms with Gasteiger partial charge in [0.1, 0.15) is 5.69 Å². The van der Waals surface area contributed by atoms with E-state index in [1.807, 2.05) is 4.90 Å². The Morgan fingerprint density at radius 1 is 1.18 bits per heavy atom. The van der Waals surface area contributed by atoms with Crippen molar-refractivity contribution in [2.45, 2.75) is 44.1 Å². The molecule has 0 bridgehead atoms. The first-order valence-corrected chi connectivity index (χ1v) is 10.7. The van der Waals surface area contributed by atoms with E-state index in [2.05, 4.69) is 20.2 Å². The number of likely N-dealkylation sites (tertiary alicyclic amines) is 2. The van der Waals surface area contributed by atoms with E-state index in [1.165, 1.54) is 31.9 Å². The third-order valence-electron chi connectivity index (χ3n) is 7.53. The number of carbonyl (C=O) groups excluding carboxylic acids is 2. The van der Waals surface area contributed by atoms with Gasteiger partial charge in [-0.05, 0) is 31.6 Å². The molecule has 4 fully saturated rings. The molecule has 7 heteroatoms. The van der Waals surface area contributed by atoms with Crippen LogP contribution in [0.3, 0.4) is 0 Å². The second-order valence-corrected chi connectivity index (χ2v) is 9.11. The Bertz CT molecular complexity index is 740. The van der Waals surface area contributed by atoms with Crippen LogP contribution in [0.2, 0.25) is 0 Å². The van der Waals surface area contributed by atoms with E-state index >= 15 is 0 Å². The molecule has 0 aromatic carbocycles. The third kappa shape index (κ3) is 3.09. The molecule has 0 radical (unpaired) electrons. The molecule has 1 aliphatic carbocycles. The van der Waals surface area contributed by atoms with Gasteiger partial charge in [0, 0.05) is 56.6 Å². The van der Waals surface area contributed by atoms with Crippen molar-refractivity contribution in [2.24, 2.45) is 17.8 Å². The second kappa shape index (κ2) is 7.10. The van der Waals surface area contributed by atoms with Crippen LogP contribution in [-0.4, -0.2) is 69.8 Å². The van der Waals surface area contributed by atoms with E-state index in [4.69, 9.17) is 0 Å². The highest BCUT2D eigenvalue weighted by atomic mass is 16.2. The highest BCUT2D eigenvalue weighted by Gasteiger charge is 2.57. The van der Waals surface area contributed by atoms with Crippen molar-refractivity contribution in [1.29, 1.82) is 0 Å². The SMILES string of the molecule is O=C1NC2(CCN(C(=O)c3cnccn3)CC2)[C@H]2CN(CC3CCCC3)C[C@@H]12. The van der Waals surface area contributed by atoms with Crippen LogP contribution in [0.4, 0.5) is 0 Å². The molecule has 4 aliphatic rings. The van der Waals surface area contributed by atoms with Gasteiger partial charge < -0.3 is 15.1 Å². The number of hydrogen-bond donors (Lipinski definition) is 1. The molecule has 28 heavy (non-hydrogen) atoms. The van der Waals surface area contributed by atoms with Gasteiger partial charge in [-0.25, -0.2) is 4.98 Å². The lowest BCUT2D eigenvalue weighted by atomic mass is 9.75. The van der Waals surface area contributed by atoms with Crippen molar-refractivity contribution in [3.63, 3.8) is 0 Å². The quantitative estimate of drug-likeness (QED) is 0.852. The number of nitrogens with zero attached hydrogens (tertiary/aromatic N) is 4. The molecule has 4 heterocycles. The molecule has 1 spiro atoms. The number of amides is 2. The third-order valence-corrected chi connectivity index (χ3v) is 7.53. The second-order valence-electron chi connectivity index (χ2n) is 9.11. The lowest BCUT2D eigenvalue weighted by Gasteiger charge is -2.42. The molecule has 7 nitrogen and oxygen atoms in total. The largest absolute Gasteiger partial charge is 0.350 e. The standard InChI is InChI=1S/C21H29N5O2/c27-19-16-13-25(12-15-3-1-2-4-15)14-17(16)21(24-19)5-9-26(10-6-21)20(28)18-11-22-7-8-23-18/h7-8,11,15-17H,1-6,9-10,12-14H2,(H,24,27)/t16-,17+/m1/s1. The molecule has 3 aliphatic heterocycles. The van der Waals surface area contributed by atoms with Crippen LogP contribution in [0.1, 0.15) is 49.0 Å². The fourth-order valence-corrected chi connectivity index (χ4v) is 6.02. The Labute approximate surface area is 165 Å². The molecule has 2 amide bonds. The highest BCUT2D eigenvalue weighted by molar-refractivity contribution is 5.92. The molecule has 2 atom stereocenters. The Morgan fingerprint density at radius 3 is 2.68 bits per heavy atom. The molecular weight excluding hydrogens is 354 g/mol.